The predicted molar refractivity (Wildman–Crippen MR) is 102 cm³/mol. The molecule has 5 rings (SSSR count). The number of nitrogens with one attached hydrogen (secondary N) is 2. The van der Waals surface area contributed by atoms with Gasteiger partial charge in [-0.2, -0.15) is 5.10 Å². The summed E-state index contributed by atoms with van der Waals surface area (Å²) in [5.41, 5.74) is 4.69. The van der Waals surface area contributed by atoms with Crippen LogP contribution in [0.4, 0.5) is 5.82 Å². The van der Waals surface area contributed by atoms with Crippen LogP contribution in [-0.2, 0) is 0 Å². The molecule has 3 aromatic heterocycles. The van der Waals surface area contributed by atoms with E-state index in [4.69, 9.17) is 0 Å². The van der Waals surface area contributed by atoms with E-state index in [1.807, 2.05) is 18.6 Å². The fourth-order valence-corrected chi connectivity index (χ4v) is 3.92. The van der Waals surface area contributed by atoms with Gasteiger partial charge in [0.25, 0.3) is 0 Å². The summed E-state index contributed by atoms with van der Waals surface area (Å²) in [4.78, 5) is 14.4. The maximum atomic E-state index is 4.53. The lowest BCUT2D eigenvalue weighted by atomic mass is 9.88. The lowest BCUT2D eigenvalue weighted by Gasteiger charge is -2.33. The first-order chi connectivity index (χ1) is 12.9. The molecule has 0 amide bonds. The van der Waals surface area contributed by atoms with Crippen LogP contribution in [0.2, 0.25) is 0 Å². The quantitative estimate of drug-likeness (QED) is 0.594. The molecule has 6 heteroatoms. The minimum absolute atomic E-state index is 0.585. The normalized spacial score (nSPS) is 15.6. The van der Waals surface area contributed by atoms with Crippen molar-refractivity contribution in [2.45, 2.75) is 18.8 Å². The minimum Gasteiger partial charge on any atom is -0.356 e. The third kappa shape index (κ3) is 2.63. The summed E-state index contributed by atoms with van der Waals surface area (Å²) in [7, 11) is 0. The summed E-state index contributed by atoms with van der Waals surface area (Å²) in [6, 6.07) is 10.9. The number of aromatic nitrogens is 5. The molecular formula is C20H20N6. The maximum absolute atomic E-state index is 4.53. The Hall–Kier alpha value is -3.15. The van der Waals surface area contributed by atoms with E-state index in [0.29, 0.717) is 5.92 Å². The Morgan fingerprint density at radius 3 is 2.81 bits per heavy atom. The molecule has 0 spiro atoms. The monoisotopic (exact) mass is 344 g/mol. The Labute approximate surface area is 151 Å². The van der Waals surface area contributed by atoms with Gasteiger partial charge < -0.3 is 9.88 Å². The van der Waals surface area contributed by atoms with Gasteiger partial charge in [-0.25, -0.2) is 9.97 Å². The Morgan fingerprint density at radius 2 is 1.96 bits per heavy atom. The zero-order chi connectivity index (χ0) is 17.3. The van der Waals surface area contributed by atoms with E-state index >= 15 is 0 Å². The molecule has 26 heavy (non-hydrogen) atoms. The molecule has 0 radical (unpaired) electrons. The molecule has 1 aromatic carbocycles. The van der Waals surface area contributed by atoms with E-state index in [0.717, 1.165) is 48.3 Å². The van der Waals surface area contributed by atoms with Crippen LogP contribution in [0.15, 0.2) is 55.2 Å². The highest BCUT2D eigenvalue weighted by atomic mass is 15.2. The third-order valence-corrected chi connectivity index (χ3v) is 5.32. The van der Waals surface area contributed by atoms with Gasteiger partial charge in [0, 0.05) is 31.0 Å². The van der Waals surface area contributed by atoms with E-state index in [1.165, 1.54) is 11.1 Å². The van der Waals surface area contributed by atoms with Crippen molar-refractivity contribution in [2.24, 2.45) is 0 Å². The maximum Gasteiger partial charge on any atom is 0.142 e. The molecule has 2 N–H and O–H groups in total. The fourth-order valence-electron chi connectivity index (χ4n) is 3.92. The van der Waals surface area contributed by atoms with Crippen molar-refractivity contribution in [2.75, 3.05) is 18.0 Å². The number of fused-ring (bicyclic) bond motifs is 1. The first-order valence-electron chi connectivity index (χ1n) is 9.00. The molecule has 1 fully saturated rings. The second kappa shape index (κ2) is 6.29. The second-order valence-electron chi connectivity index (χ2n) is 6.81. The Kier molecular flexibility index (Phi) is 3.66. The second-order valence-corrected chi connectivity index (χ2v) is 6.81. The summed E-state index contributed by atoms with van der Waals surface area (Å²) in [5.74, 6) is 1.63. The summed E-state index contributed by atoms with van der Waals surface area (Å²) >= 11 is 0. The summed E-state index contributed by atoms with van der Waals surface area (Å²) in [6.45, 7) is 2.02. The van der Waals surface area contributed by atoms with Crippen molar-refractivity contribution < 1.29 is 0 Å². The van der Waals surface area contributed by atoms with Gasteiger partial charge in [0.2, 0.25) is 0 Å². The van der Waals surface area contributed by atoms with Crippen molar-refractivity contribution in [3.63, 3.8) is 0 Å². The Bertz CT molecular complexity index is 1010. The highest BCUT2D eigenvalue weighted by Gasteiger charge is 2.23. The van der Waals surface area contributed by atoms with Gasteiger partial charge in [-0.15, -0.1) is 0 Å². The molecule has 4 heterocycles. The first kappa shape index (κ1) is 15.1. The van der Waals surface area contributed by atoms with Gasteiger partial charge in [-0.05, 0) is 36.0 Å². The lowest BCUT2D eigenvalue weighted by Crippen LogP contribution is -2.33. The van der Waals surface area contributed by atoms with E-state index in [9.17, 15) is 0 Å². The van der Waals surface area contributed by atoms with Crippen LogP contribution < -0.4 is 4.90 Å². The number of hydrogen-bond donors (Lipinski definition) is 2. The summed E-state index contributed by atoms with van der Waals surface area (Å²) in [5, 5.41) is 8.06. The smallest absolute Gasteiger partial charge is 0.142 e. The number of anilines is 1. The average Bonchev–Trinajstić information content (AvgIpc) is 3.40. The van der Waals surface area contributed by atoms with Crippen LogP contribution in [-0.4, -0.2) is 38.2 Å². The van der Waals surface area contributed by atoms with Gasteiger partial charge >= 0.3 is 0 Å². The van der Waals surface area contributed by atoms with E-state index < -0.39 is 0 Å². The number of H-pyrrole nitrogens is 2. The Morgan fingerprint density at radius 1 is 1.04 bits per heavy atom. The molecule has 0 aliphatic carbocycles. The number of aromatic amines is 2. The number of benzene rings is 1. The van der Waals surface area contributed by atoms with Crippen LogP contribution in [0.25, 0.3) is 22.2 Å². The van der Waals surface area contributed by atoms with E-state index in [-0.39, 0.29) is 0 Å². The van der Waals surface area contributed by atoms with Gasteiger partial charge in [-0.3, -0.25) is 5.10 Å². The highest BCUT2D eigenvalue weighted by molar-refractivity contribution is 5.87. The molecule has 130 valence electrons. The van der Waals surface area contributed by atoms with E-state index in [2.05, 4.69) is 60.4 Å². The van der Waals surface area contributed by atoms with Crippen LogP contribution >= 0.6 is 0 Å². The standard InChI is InChI=1S/C20H20N6/c1-2-15(10-16(3-1)17-11-24-25-12-17)14-5-8-26(9-6-14)20-18-4-7-21-19(18)22-13-23-20/h1-4,7,10-14H,5-6,8-9H2,(H,24,25)(H,21,22,23). The number of piperidine rings is 1. The number of rotatable bonds is 3. The molecular weight excluding hydrogens is 324 g/mol. The van der Waals surface area contributed by atoms with Crippen LogP contribution in [0.1, 0.15) is 24.3 Å². The summed E-state index contributed by atoms with van der Waals surface area (Å²) in [6.07, 6.45) is 9.65. The van der Waals surface area contributed by atoms with Crippen molar-refractivity contribution in [3.05, 3.63) is 60.8 Å². The molecule has 0 atom stereocenters. The van der Waals surface area contributed by atoms with Crippen molar-refractivity contribution >= 4 is 16.9 Å². The zero-order valence-electron chi connectivity index (χ0n) is 14.4. The van der Waals surface area contributed by atoms with Crippen LogP contribution in [0, 0.1) is 0 Å². The van der Waals surface area contributed by atoms with E-state index in [1.54, 1.807) is 6.33 Å². The van der Waals surface area contributed by atoms with Crippen LogP contribution in [0.5, 0.6) is 0 Å². The molecule has 1 aliphatic heterocycles. The highest BCUT2D eigenvalue weighted by Crippen LogP contribution is 2.33. The van der Waals surface area contributed by atoms with Gasteiger partial charge in [0.15, 0.2) is 0 Å². The molecule has 1 saturated heterocycles. The Balaban J connectivity index is 1.35. The summed E-state index contributed by atoms with van der Waals surface area (Å²) < 4.78 is 0. The SMILES string of the molecule is c1cc(-c2cn[nH]c2)cc(C2CCN(c3ncnc4[nH]ccc34)CC2)c1. The van der Waals surface area contributed by atoms with Crippen molar-refractivity contribution in [3.8, 4) is 11.1 Å². The first-order valence-corrected chi connectivity index (χ1v) is 9.00. The minimum atomic E-state index is 0.585. The lowest BCUT2D eigenvalue weighted by molar-refractivity contribution is 0.503. The molecule has 0 saturated carbocycles. The average molecular weight is 344 g/mol. The third-order valence-electron chi connectivity index (χ3n) is 5.32. The zero-order valence-corrected chi connectivity index (χ0v) is 14.4. The number of hydrogen-bond acceptors (Lipinski definition) is 4. The molecule has 4 aromatic rings. The fraction of sp³-hybridized carbons (Fsp3) is 0.250. The molecule has 1 aliphatic rings. The molecule has 0 bridgehead atoms. The largest absolute Gasteiger partial charge is 0.356 e. The topological polar surface area (TPSA) is 73.5 Å². The molecule has 0 unspecified atom stereocenters. The van der Waals surface area contributed by atoms with Gasteiger partial charge in [0.1, 0.15) is 17.8 Å². The number of nitrogens with zero attached hydrogens (tertiary/aromatic N) is 4. The van der Waals surface area contributed by atoms with Crippen LogP contribution in [0.3, 0.4) is 0 Å². The molecule has 6 nitrogen and oxygen atoms in total. The van der Waals surface area contributed by atoms with Gasteiger partial charge in [0.05, 0.1) is 11.6 Å². The predicted octanol–water partition coefficient (Wildman–Crippen LogP) is 3.73. The van der Waals surface area contributed by atoms with Crippen molar-refractivity contribution in [1.82, 2.24) is 25.1 Å². The van der Waals surface area contributed by atoms with Gasteiger partial charge in [-0.1, -0.05) is 24.3 Å². The van der Waals surface area contributed by atoms with Crippen molar-refractivity contribution in [1.29, 1.82) is 0 Å².